The second-order valence-electron chi connectivity index (χ2n) is 6.07. The number of aromatic nitrogens is 2. The van der Waals surface area contributed by atoms with Crippen LogP contribution in [-0.2, 0) is 17.9 Å². The van der Waals surface area contributed by atoms with Crippen molar-refractivity contribution in [3.63, 3.8) is 0 Å². The van der Waals surface area contributed by atoms with Gasteiger partial charge in [-0.15, -0.1) is 0 Å². The van der Waals surface area contributed by atoms with Crippen molar-refractivity contribution in [1.29, 1.82) is 0 Å². The fourth-order valence-corrected chi connectivity index (χ4v) is 3.16. The summed E-state index contributed by atoms with van der Waals surface area (Å²) in [5, 5.41) is 13.2. The molecule has 3 rings (SSSR count). The summed E-state index contributed by atoms with van der Waals surface area (Å²) in [6.45, 7) is 2.54. The van der Waals surface area contributed by atoms with Crippen molar-refractivity contribution in [2.75, 3.05) is 26.2 Å². The maximum absolute atomic E-state index is 13.1. The average Bonchev–Trinajstić information content (AvgIpc) is 3.05. The summed E-state index contributed by atoms with van der Waals surface area (Å²) < 4.78 is 14.3. The minimum Gasteiger partial charge on any atom is -0.480 e. The molecule has 0 unspecified atom stereocenters. The molecule has 0 bridgehead atoms. The number of hydrogen-bond donors (Lipinski definition) is 1. The Morgan fingerprint density at radius 1 is 1.19 bits per heavy atom. The van der Waals surface area contributed by atoms with Crippen LogP contribution in [0.3, 0.4) is 0 Å². The third-order valence-corrected chi connectivity index (χ3v) is 4.64. The van der Waals surface area contributed by atoms with Gasteiger partial charge < -0.3 is 10.0 Å². The molecule has 0 saturated carbocycles. The molecule has 0 aliphatic carbocycles. The quantitative estimate of drug-likeness (QED) is 0.854. The van der Waals surface area contributed by atoms with E-state index in [-0.39, 0.29) is 24.0 Å². The van der Waals surface area contributed by atoms with Gasteiger partial charge in [0.15, 0.2) is 0 Å². The van der Waals surface area contributed by atoms with Gasteiger partial charge in [0.05, 0.1) is 0 Å². The van der Waals surface area contributed by atoms with Crippen molar-refractivity contribution in [1.82, 2.24) is 19.6 Å². The van der Waals surface area contributed by atoms with Crippen molar-refractivity contribution in [3.8, 4) is 0 Å². The number of aliphatic carboxylic acids is 1. The molecule has 1 aromatic carbocycles. The maximum atomic E-state index is 13.1. The Morgan fingerprint density at radius 2 is 1.92 bits per heavy atom. The Labute approximate surface area is 154 Å². The lowest BCUT2D eigenvalue weighted by Crippen LogP contribution is -2.48. The molecule has 7 nitrogen and oxygen atoms in total. The number of nitrogens with zero attached hydrogens (tertiary/aromatic N) is 4. The largest absolute Gasteiger partial charge is 0.480 e. The van der Waals surface area contributed by atoms with Crippen LogP contribution in [0.4, 0.5) is 4.39 Å². The highest BCUT2D eigenvalue weighted by Gasteiger charge is 2.25. The van der Waals surface area contributed by atoms with E-state index in [9.17, 15) is 14.0 Å². The van der Waals surface area contributed by atoms with Gasteiger partial charge in [0, 0.05) is 43.9 Å². The van der Waals surface area contributed by atoms with E-state index < -0.39 is 5.97 Å². The summed E-state index contributed by atoms with van der Waals surface area (Å²) in [5.74, 6) is -1.65. The standard InChI is InChI=1S/C17H18ClFN4O3/c18-14-9-13(19)2-1-12(14)10-21-5-7-22(8-6-21)17(26)15-3-4-20-23(15)11-16(24)25/h1-4,9H,5-8,10-11H2,(H,24,25). The zero-order chi connectivity index (χ0) is 18.7. The van der Waals surface area contributed by atoms with E-state index in [4.69, 9.17) is 16.7 Å². The Morgan fingerprint density at radius 3 is 2.58 bits per heavy atom. The molecule has 1 N–H and O–H groups in total. The Kier molecular flexibility index (Phi) is 5.53. The van der Waals surface area contributed by atoms with Gasteiger partial charge in [-0.2, -0.15) is 5.10 Å². The fraction of sp³-hybridized carbons (Fsp3) is 0.353. The lowest BCUT2D eigenvalue weighted by Gasteiger charge is -2.34. The van der Waals surface area contributed by atoms with Crippen molar-refractivity contribution in [2.24, 2.45) is 0 Å². The van der Waals surface area contributed by atoms with Gasteiger partial charge in [0.1, 0.15) is 18.1 Å². The molecule has 1 saturated heterocycles. The number of carboxylic acid groups (broad SMARTS) is 1. The van der Waals surface area contributed by atoms with Gasteiger partial charge in [-0.3, -0.25) is 14.5 Å². The predicted octanol–water partition coefficient (Wildman–Crippen LogP) is 1.72. The zero-order valence-electron chi connectivity index (χ0n) is 13.9. The molecule has 1 fully saturated rings. The molecule has 2 aromatic rings. The molecular weight excluding hydrogens is 363 g/mol. The van der Waals surface area contributed by atoms with E-state index in [1.54, 1.807) is 11.0 Å². The van der Waals surface area contributed by atoms with Gasteiger partial charge in [0.25, 0.3) is 5.91 Å². The summed E-state index contributed by atoms with van der Waals surface area (Å²) >= 11 is 6.07. The number of piperazine rings is 1. The Balaban J connectivity index is 1.59. The zero-order valence-corrected chi connectivity index (χ0v) is 14.7. The lowest BCUT2D eigenvalue weighted by atomic mass is 10.2. The number of carbonyl (C=O) groups is 2. The number of carboxylic acids is 1. The van der Waals surface area contributed by atoms with Gasteiger partial charge in [-0.05, 0) is 23.8 Å². The van der Waals surface area contributed by atoms with Gasteiger partial charge in [-0.1, -0.05) is 17.7 Å². The molecule has 1 aromatic heterocycles. The number of benzene rings is 1. The summed E-state index contributed by atoms with van der Waals surface area (Å²) in [4.78, 5) is 27.3. The summed E-state index contributed by atoms with van der Waals surface area (Å²) in [7, 11) is 0. The summed E-state index contributed by atoms with van der Waals surface area (Å²) in [5.41, 5.74) is 1.11. The van der Waals surface area contributed by atoms with Crippen LogP contribution in [0.15, 0.2) is 30.5 Å². The molecule has 138 valence electrons. The van der Waals surface area contributed by atoms with Crippen molar-refractivity contribution in [2.45, 2.75) is 13.1 Å². The first-order valence-corrected chi connectivity index (χ1v) is 8.51. The minimum atomic E-state index is -1.05. The van der Waals surface area contributed by atoms with E-state index in [0.29, 0.717) is 37.7 Å². The van der Waals surface area contributed by atoms with Crippen LogP contribution < -0.4 is 0 Å². The number of halogens is 2. The van der Waals surface area contributed by atoms with Gasteiger partial charge in [0.2, 0.25) is 0 Å². The molecule has 2 heterocycles. The average molecular weight is 381 g/mol. The predicted molar refractivity (Wildman–Crippen MR) is 92.5 cm³/mol. The van der Waals surface area contributed by atoms with E-state index in [0.717, 1.165) is 5.56 Å². The van der Waals surface area contributed by atoms with E-state index in [1.807, 2.05) is 0 Å². The highest BCUT2D eigenvalue weighted by atomic mass is 35.5. The van der Waals surface area contributed by atoms with E-state index in [1.165, 1.54) is 29.1 Å². The van der Waals surface area contributed by atoms with Crippen molar-refractivity contribution in [3.05, 3.63) is 52.6 Å². The molecule has 1 aliphatic heterocycles. The SMILES string of the molecule is O=C(O)Cn1nccc1C(=O)N1CCN(Cc2ccc(F)cc2Cl)CC1. The number of amides is 1. The van der Waals surface area contributed by atoms with Crippen LogP contribution in [0.5, 0.6) is 0 Å². The first kappa shape index (κ1) is 18.3. The molecule has 0 spiro atoms. The molecular formula is C17H18ClFN4O3. The molecule has 0 atom stereocenters. The van der Waals surface area contributed by atoms with Crippen LogP contribution in [0.25, 0.3) is 0 Å². The molecule has 26 heavy (non-hydrogen) atoms. The third-order valence-electron chi connectivity index (χ3n) is 4.29. The van der Waals surface area contributed by atoms with Crippen LogP contribution >= 0.6 is 11.6 Å². The molecule has 1 aliphatic rings. The summed E-state index contributed by atoms with van der Waals surface area (Å²) in [6.07, 6.45) is 1.42. The number of hydrogen-bond acceptors (Lipinski definition) is 4. The molecule has 1 amide bonds. The highest BCUT2D eigenvalue weighted by Crippen LogP contribution is 2.20. The minimum absolute atomic E-state index is 0.233. The number of rotatable bonds is 5. The van der Waals surface area contributed by atoms with Crippen LogP contribution in [0.2, 0.25) is 5.02 Å². The van der Waals surface area contributed by atoms with Gasteiger partial charge in [-0.25, -0.2) is 9.07 Å². The van der Waals surface area contributed by atoms with Crippen molar-refractivity contribution >= 4 is 23.5 Å². The number of carbonyl (C=O) groups excluding carboxylic acids is 1. The van der Waals surface area contributed by atoms with E-state index >= 15 is 0 Å². The first-order valence-electron chi connectivity index (χ1n) is 8.13. The highest BCUT2D eigenvalue weighted by molar-refractivity contribution is 6.31. The lowest BCUT2D eigenvalue weighted by molar-refractivity contribution is -0.137. The third kappa shape index (κ3) is 4.20. The maximum Gasteiger partial charge on any atom is 0.325 e. The first-order chi connectivity index (χ1) is 12.4. The van der Waals surface area contributed by atoms with Crippen LogP contribution in [0.1, 0.15) is 16.1 Å². The topological polar surface area (TPSA) is 78.7 Å². The monoisotopic (exact) mass is 380 g/mol. The van der Waals surface area contributed by atoms with Crippen LogP contribution in [-0.4, -0.2) is 62.7 Å². The van der Waals surface area contributed by atoms with E-state index in [2.05, 4.69) is 10.00 Å². The summed E-state index contributed by atoms with van der Waals surface area (Å²) in [6, 6.07) is 5.86. The normalized spacial score (nSPS) is 15.2. The van der Waals surface area contributed by atoms with Crippen molar-refractivity contribution < 1.29 is 19.1 Å². The molecule has 0 radical (unpaired) electrons. The second-order valence-corrected chi connectivity index (χ2v) is 6.48. The Hall–Kier alpha value is -2.45. The van der Waals surface area contributed by atoms with Crippen LogP contribution in [0, 0.1) is 5.82 Å². The van der Waals surface area contributed by atoms with Gasteiger partial charge >= 0.3 is 5.97 Å². The Bertz CT molecular complexity index is 818. The smallest absolute Gasteiger partial charge is 0.325 e. The second kappa shape index (κ2) is 7.84. The molecule has 9 heteroatoms. The fourth-order valence-electron chi connectivity index (χ4n) is 2.93.